The van der Waals surface area contributed by atoms with Gasteiger partial charge in [-0.2, -0.15) is 0 Å². The number of carbonyl (C=O) groups excluding carboxylic acids is 3. The number of piperidine rings is 1. The molecule has 7 nitrogen and oxygen atoms in total. The van der Waals surface area contributed by atoms with E-state index in [4.69, 9.17) is 0 Å². The van der Waals surface area contributed by atoms with Crippen LogP contribution < -0.4 is 10.6 Å². The summed E-state index contributed by atoms with van der Waals surface area (Å²) in [5, 5.41) is 6.16. The smallest absolute Gasteiger partial charge is 0.327 e. The first-order valence-corrected chi connectivity index (χ1v) is 8.64. The summed E-state index contributed by atoms with van der Waals surface area (Å²) in [7, 11) is 1.69. The second-order valence-electron chi connectivity index (χ2n) is 6.94. The Balaban J connectivity index is 0.00000208. The standard InChI is InChI=1S/C16H26N4O3.ClH/c1-19-15(23)20(14(22)16(19)7-3-2-4-8-16)11-13(21)18-12-6-5-9-17-10-12;/h12,17H,2-11H2,1H3,(H,18,21);1H/t12-;/m0./s1. The highest BCUT2D eigenvalue weighted by Gasteiger charge is 2.55. The first-order valence-electron chi connectivity index (χ1n) is 8.64. The Hall–Kier alpha value is -1.34. The van der Waals surface area contributed by atoms with Crippen LogP contribution in [-0.2, 0) is 9.59 Å². The van der Waals surface area contributed by atoms with Gasteiger partial charge in [-0.15, -0.1) is 12.4 Å². The van der Waals surface area contributed by atoms with Gasteiger partial charge in [-0.1, -0.05) is 19.3 Å². The Labute approximate surface area is 148 Å². The Kier molecular flexibility index (Phi) is 6.09. The van der Waals surface area contributed by atoms with E-state index in [-0.39, 0.29) is 42.8 Å². The second kappa shape index (κ2) is 7.70. The Morgan fingerprint density at radius 1 is 1.25 bits per heavy atom. The number of hydrogen-bond donors (Lipinski definition) is 2. The minimum Gasteiger partial charge on any atom is -0.351 e. The monoisotopic (exact) mass is 358 g/mol. The number of likely N-dealkylation sites (N-methyl/N-ethyl adjacent to an activating group) is 1. The van der Waals surface area contributed by atoms with Crippen LogP contribution in [0.3, 0.4) is 0 Å². The summed E-state index contributed by atoms with van der Waals surface area (Å²) < 4.78 is 0. The molecule has 0 aromatic heterocycles. The number of nitrogens with zero attached hydrogens (tertiary/aromatic N) is 2. The van der Waals surface area contributed by atoms with Crippen LogP contribution >= 0.6 is 12.4 Å². The summed E-state index contributed by atoms with van der Waals surface area (Å²) in [6, 6.07) is -0.251. The van der Waals surface area contributed by atoms with Crippen LogP contribution in [0.2, 0.25) is 0 Å². The summed E-state index contributed by atoms with van der Waals surface area (Å²) in [6.45, 7) is 1.56. The highest BCUT2D eigenvalue weighted by molar-refractivity contribution is 6.08. The summed E-state index contributed by atoms with van der Waals surface area (Å²) in [4.78, 5) is 40.2. The Morgan fingerprint density at radius 2 is 1.96 bits per heavy atom. The van der Waals surface area contributed by atoms with Gasteiger partial charge in [0.05, 0.1) is 0 Å². The fraction of sp³-hybridized carbons (Fsp3) is 0.812. The molecule has 136 valence electrons. The van der Waals surface area contributed by atoms with Gasteiger partial charge in [0.15, 0.2) is 0 Å². The molecule has 0 aromatic rings. The molecule has 2 N–H and O–H groups in total. The van der Waals surface area contributed by atoms with Gasteiger partial charge in [-0.3, -0.25) is 14.5 Å². The molecule has 3 rings (SSSR count). The number of nitrogens with one attached hydrogen (secondary N) is 2. The summed E-state index contributed by atoms with van der Waals surface area (Å²) in [5.41, 5.74) is -0.706. The largest absolute Gasteiger partial charge is 0.351 e. The molecule has 24 heavy (non-hydrogen) atoms. The Bertz CT molecular complexity index is 502. The fourth-order valence-corrected chi connectivity index (χ4v) is 4.06. The zero-order chi connectivity index (χ0) is 16.4. The summed E-state index contributed by atoms with van der Waals surface area (Å²) >= 11 is 0. The fourth-order valence-electron chi connectivity index (χ4n) is 4.06. The maximum Gasteiger partial charge on any atom is 0.327 e. The molecule has 1 aliphatic carbocycles. The number of carbonyl (C=O) groups is 3. The topological polar surface area (TPSA) is 81.8 Å². The predicted molar refractivity (Wildman–Crippen MR) is 92.0 cm³/mol. The molecule has 0 radical (unpaired) electrons. The van der Waals surface area contributed by atoms with Crippen molar-refractivity contribution >= 4 is 30.3 Å². The first kappa shape index (κ1) is 19.0. The minimum atomic E-state index is -0.706. The molecule has 1 saturated carbocycles. The summed E-state index contributed by atoms with van der Waals surface area (Å²) in [5.74, 6) is -0.441. The van der Waals surface area contributed by atoms with E-state index < -0.39 is 5.54 Å². The van der Waals surface area contributed by atoms with Gasteiger partial charge in [0, 0.05) is 19.6 Å². The van der Waals surface area contributed by atoms with Crippen molar-refractivity contribution in [2.24, 2.45) is 0 Å². The number of hydrogen-bond acceptors (Lipinski definition) is 4. The average Bonchev–Trinajstić information content (AvgIpc) is 2.73. The van der Waals surface area contributed by atoms with Gasteiger partial charge in [0.2, 0.25) is 5.91 Å². The third-order valence-corrected chi connectivity index (χ3v) is 5.45. The number of amides is 4. The van der Waals surface area contributed by atoms with E-state index >= 15 is 0 Å². The lowest BCUT2D eigenvalue weighted by Crippen LogP contribution is -2.51. The van der Waals surface area contributed by atoms with Crippen molar-refractivity contribution in [2.45, 2.75) is 56.5 Å². The van der Waals surface area contributed by atoms with Crippen molar-refractivity contribution in [2.75, 3.05) is 26.7 Å². The quantitative estimate of drug-likeness (QED) is 0.733. The minimum absolute atomic E-state index is 0. The molecule has 0 aromatic carbocycles. The molecule has 2 saturated heterocycles. The van der Waals surface area contributed by atoms with E-state index in [1.165, 1.54) is 0 Å². The van der Waals surface area contributed by atoms with Gasteiger partial charge >= 0.3 is 6.03 Å². The van der Waals surface area contributed by atoms with E-state index in [0.717, 1.165) is 50.1 Å². The van der Waals surface area contributed by atoms with E-state index in [9.17, 15) is 14.4 Å². The molecule has 0 unspecified atom stereocenters. The zero-order valence-electron chi connectivity index (χ0n) is 14.2. The van der Waals surface area contributed by atoms with Crippen LogP contribution in [0.15, 0.2) is 0 Å². The lowest BCUT2D eigenvalue weighted by molar-refractivity contribution is -0.137. The molecule has 0 bridgehead atoms. The number of halogens is 1. The van der Waals surface area contributed by atoms with Gasteiger partial charge < -0.3 is 15.5 Å². The molecular weight excluding hydrogens is 332 g/mol. The predicted octanol–water partition coefficient (Wildman–Crippen LogP) is 0.873. The molecule has 2 heterocycles. The lowest BCUT2D eigenvalue weighted by Gasteiger charge is -2.35. The van der Waals surface area contributed by atoms with Gasteiger partial charge in [-0.25, -0.2) is 4.79 Å². The second-order valence-corrected chi connectivity index (χ2v) is 6.94. The molecule has 8 heteroatoms. The van der Waals surface area contributed by atoms with Crippen molar-refractivity contribution in [1.82, 2.24) is 20.4 Å². The first-order chi connectivity index (χ1) is 11.0. The van der Waals surface area contributed by atoms with Crippen molar-refractivity contribution in [3.63, 3.8) is 0 Å². The Morgan fingerprint density at radius 3 is 2.58 bits per heavy atom. The lowest BCUT2D eigenvalue weighted by atomic mass is 9.81. The van der Waals surface area contributed by atoms with Crippen molar-refractivity contribution in [3.05, 3.63) is 0 Å². The molecule has 2 aliphatic heterocycles. The maximum atomic E-state index is 12.8. The maximum absolute atomic E-state index is 12.8. The van der Waals surface area contributed by atoms with Crippen LogP contribution in [0.1, 0.15) is 44.9 Å². The molecule has 3 fully saturated rings. The van der Waals surface area contributed by atoms with Crippen LogP contribution in [0, 0.1) is 0 Å². The van der Waals surface area contributed by atoms with E-state index in [0.29, 0.717) is 12.8 Å². The molecule has 1 atom stereocenters. The normalized spacial score (nSPS) is 26.5. The number of rotatable bonds is 3. The molecular formula is C16H27ClN4O3. The molecule has 4 amide bonds. The van der Waals surface area contributed by atoms with Crippen molar-refractivity contribution < 1.29 is 14.4 Å². The van der Waals surface area contributed by atoms with Crippen LogP contribution in [0.25, 0.3) is 0 Å². The highest BCUT2D eigenvalue weighted by atomic mass is 35.5. The number of urea groups is 1. The van der Waals surface area contributed by atoms with Gasteiger partial charge in [0.25, 0.3) is 5.91 Å². The molecule has 3 aliphatic rings. The van der Waals surface area contributed by atoms with Crippen LogP contribution in [-0.4, -0.2) is 65.9 Å². The van der Waals surface area contributed by atoms with Crippen LogP contribution in [0.4, 0.5) is 4.79 Å². The van der Waals surface area contributed by atoms with Crippen molar-refractivity contribution in [1.29, 1.82) is 0 Å². The highest BCUT2D eigenvalue weighted by Crippen LogP contribution is 2.39. The molecule has 1 spiro atoms. The van der Waals surface area contributed by atoms with E-state index in [1.54, 1.807) is 11.9 Å². The van der Waals surface area contributed by atoms with E-state index in [2.05, 4.69) is 10.6 Å². The van der Waals surface area contributed by atoms with Crippen molar-refractivity contribution in [3.8, 4) is 0 Å². The van der Waals surface area contributed by atoms with Gasteiger partial charge in [-0.05, 0) is 32.2 Å². The third-order valence-electron chi connectivity index (χ3n) is 5.45. The summed E-state index contributed by atoms with van der Waals surface area (Å²) in [6.07, 6.45) is 6.39. The SMILES string of the molecule is CN1C(=O)N(CC(=O)N[C@H]2CCCNC2)C(=O)C12CCCCC2.Cl. The van der Waals surface area contributed by atoms with Gasteiger partial charge in [0.1, 0.15) is 12.1 Å². The van der Waals surface area contributed by atoms with E-state index in [1.807, 2.05) is 0 Å². The third kappa shape index (κ3) is 3.37. The van der Waals surface area contributed by atoms with Crippen LogP contribution in [0.5, 0.6) is 0 Å². The zero-order valence-corrected chi connectivity index (χ0v) is 15.0. The number of imide groups is 1. The average molecular weight is 359 g/mol.